The SMILES string of the molecule is CC(=O)Nc1cc(S(=O)(=O)[O-])cc2cc(S(=O)(=O)[O-])c(N=Nc3cccc(P(=O)([O-])O)c3)c(O)c12.[NH4+].[NH4+].[Na+]. The summed E-state index contributed by atoms with van der Waals surface area (Å²) in [6.07, 6.45) is 0. The van der Waals surface area contributed by atoms with Crippen LogP contribution in [0.5, 0.6) is 5.75 Å². The molecule has 0 bridgehead atoms. The molecule has 0 aromatic heterocycles. The second-order valence-corrected chi connectivity index (χ2v) is 11.3. The van der Waals surface area contributed by atoms with Gasteiger partial charge in [-0.25, -0.2) is 16.8 Å². The fourth-order valence-electron chi connectivity index (χ4n) is 3.02. The molecule has 0 aliphatic heterocycles. The number of hydrogen-bond donors (Lipinski definition) is 5. The second-order valence-electron chi connectivity index (χ2n) is 6.97. The average molecular weight is 601 g/mol. The summed E-state index contributed by atoms with van der Waals surface area (Å²) in [6, 6.07) is 6.32. The van der Waals surface area contributed by atoms with Crippen molar-refractivity contribution in [2.45, 2.75) is 16.7 Å². The van der Waals surface area contributed by atoms with E-state index in [1.165, 1.54) is 12.1 Å². The number of phenols is 1. The van der Waals surface area contributed by atoms with Gasteiger partial charge in [0.2, 0.25) is 5.91 Å². The Bertz CT molecular complexity index is 1680. The third-order valence-electron chi connectivity index (χ3n) is 4.41. The Morgan fingerprint density at radius 1 is 1.00 bits per heavy atom. The van der Waals surface area contributed by atoms with Crippen molar-refractivity contribution < 1.29 is 79.8 Å². The Balaban J connectivity index is 0.00000456. The zero-order chi connectivity index (χ0) is 26.3. The molecule has 0 saturated heterocycles. The predicted octanol–water partition coefficient (Wildman–Crippen LogP) is -1.35. The zero-order valence-corrected chi connectivity index (χ0v) is 24.8. The standard InChI is InChI=1S/C18H16N3O11PS2.2H3N.Na/c1-9(22)19-14-8-13(34(27,28)29)5-10-6-15(35(30,31)32)17(18(23)16(10)14)21-20-11-3-2-4-12(7-11)33(24,25)26;;;/h2-8,23H,1H3,(H,19,22)(H2,24,25,26)(H,27,28,29)(H,30,31,32);2*1H3;/q;;;+1/p-1. The molecule has 11 N–H and O–H groups in total. The van der Waals surface area contributed by atoms with Crippen molar-refractivity contribution in [3.8, 4) is 5.75 Å². The van der Waals surface area contributed by atoms with Crippen molar-refractivity contribution in [3.63, 3.8) is 0 Å². The van der Waals surface area contributed by atoms with Gasteiger partial charge in [0.05, 0.1) is 21.2 Å². The monoisotopic (exact) mass is 601 g/mol. The second kappa shape index (κ2) is 12.7. The number of benzene rings is 3. The van der Waals surface area contributed by atoms with Crippen LogP contribution in [0.25, 0.3) is 10.8 Å². The summed E-state index contributed by atoms with van der Waals surface area (Å²) < 4.78 is 81.4. The molecule has 3 rings (SSSR count). The average Bonchev–Trinajstić information content (AvgIpc) is 2.70. The van der Waals surface area contributed by atoms with Crippen LogP contribution in [0.2, 0.25) is 0 Å². The van der Waals surface area contributed by atoms with Crippen molar-refractivity contribution in [1.82, 2.24) is 12.3 Å². The van der Waals surface area contributed by atoms with Crippen LogP contribution in [0.15, 0.2) is 62.5 Å². The Hall–Kier alpha value is -2.32. The van der Waals surface area contributed by atoms with E-state index in [0.29, 0.717) is 18.2 Å². The molecule has 0 saturated carbocycles. The maximum atomic E-state index is 11.9. The van der Waals surface area contributed by atoms with Gasteiger partial charge in [0.15, 0.2) is 13.3 Å². The third kappa shape index (κ3) is 8.09. The molecule has 38 heavy (non-hydrogen) atoms. The van der Waals surface area contributed by atoms with Crippen molar-refractivity contribution in [2.75, 3.05) is 5.32 Å². The first kappa shape index (κ1) is 35.7. The minimum absolute atomic E-state index is 0. The minimum atomic E-state index is -5.38. The molecule has 0 fully saturated rings. The molecular weight excluding hydrogens is 580 g/mol. The number of nitrogens with one attached hydrogen (secondary N) is 1. The summed E-state index contributed by atoms with van der Waals surface area (Å²) in [4.78, 5) is 30.0. The first-order chi connectivity index (χ1) is 16.0. The number of quaternary nitrogens is 2. The molecule has 1 unspecified atom stereocenters. The summed E-state index contributed by atoms with van der Waals surface area (Å²) in [5, 5.41) is 18.8. The fraction of sp³-hybridized carbons (Fsp3) is 0.0556. The number of nitrogens with zero attached hydrogens (tertiary/aromatic N) is 2. The van der Waals surface area contributed by atoms with Gasteiger partial charge in [-0.05, 0) is 35.7 Å². The normalized spacial score (nSPS) is 13.1. The van der Waals surface area contributed by atoms with E-state index >= 15 is 0 Å². The van der Waals surface area contributed by atoms with Crippen LogP contribution in [0.3, 0.4) is 0 Å². The number of phenolic OH excluding ortho intramolecular Hbond substituents is 1. The Labute approximate surface area is 238 Å². The molecule has 0 aliphatic rings. The van der Waals surface area contributed by atoms with E-state index in [0.717, 1.165) is 19.1 Å². The van der Waals surface area contributed by atoms with Gasteiger partial charge in [-0.15, -0.1) is 5.11 Å². The zero-order valence-electron chi connectivity index (χ0n) is 20.3. The van der Waals surface area contributed by atoms with E-state index in [4.69, 9.17) is 4.89 Å². The number of azo groups is 1. The molecule has 20 heteroatoms. The Morgan fingerprint density at radius 2 is 1.61 bits per heavy atom. The van der Waals surface area contributed by atoms with Crippen LogP contribution in [0.4, 0.5) is 17.1 Å². The smallest absolute Gasteiger partial charge is 0.775 e. The van der Waals surface area contributed by atoms with Gasteiger partial charge >= 0.3 is 29.6 Å². The molecule has 0 aliphatic carbocycles. The van der Waals surface area contributed by atoms with Gasteiger partial charge in [0.25, 0.3) is 0 Å². The van der Waals surface area contributed by atoms with E-state index in [1.807, 2.05) is 0 Å². The maximum absolute atomic E-state index is 11.9. The number of rotatable bonds is 6. The fourth-order valence-corrected chi connectivity index (χ4v) is 4.77. The number of carbonyl (C=O) groups excluding carboxylic acids is 1. The molecule has 0 heterocycles. The minimum Gasteiger partial charge on any atom is -0.775 e. The van der Waals surface area contributed by atoms with E-state index in [-0.39, 0.29) is 52.9 Å². The van der Waals surface area contributed by atoms with Gasteiger partial charge in [-0.2, -0.15) is 5.11 Å². The molecule has 1 amide bonds. The van der Waals surface area contributed by atoms with Crippen LogP contribution >= 0.6 is 7.60 Å². The van der Waals surface area contributed by atoms with Crippen LogP contribution in [0, 0.1) is 0 Å². The number of aromatic hydroxyl groups is 1. The van der Waals surface area contributed by atoms with Gasteiger partial charge < -0.3 is 46.2 Å². The molecule has 3 aromatic rings. The quantitative estimate of drug-likeness (QED) is 0.0951. The van der Waals surface area contributed by atoms with E-state index < -0.39 is 71.3 Å². The molecule has 3 aromatic carbocycles. The van der Waals surface area contributed by atoms with Crippen LogP contribution in [0.1, 0.15) is 6.92 Å². The summed E-state index contributed by atoms with van der Waals surface area (Å²) in [7, 11) is -15.4. The van der Waals surface area contributed by atoms with Crippen molar-refractivity contribution in [2.24, 2.45) is 10.2 Å². The van der Waals surface area contributed by atoms with Crippen molar-refractivity contribution in [3.05, 3.63) is 42.5 Å². The summed E-state index contributed by atoms with van der Waals surface area (Å²) in [6.45, 7) is 1.03. The summed E-state index contributed by atoms with van der Waals surface area (Å²) >= 11 is 0. The number of anilines is 1. The van der Waals surface area contributed by atoms with Crippen molar-refractivity contribution in [1.29, 1.82) is 0 Å². The van der Waals surface area contributed by atoms with Gasteiger partial charge in [0.1, 0.15) is 25.9 Å². The third-order valence-corrected chi connectivity index (χ3v) is 7.01. The number of carbonyl (C=O) groups is 1. The van der Waals surface area contributed by atoms with Crippen LogP contribution in [-0.4, -0.2) is 41.8 Å². The van der Waals surface area contributed by atoms with Crippen LogP contribution < -0.4 is 57.4 Å². The molecule has 1 atom stereocenters. The van der Waals surface area contributed by atoms with Crippen LogP contribution in [-0.2, 0) is 29.6 Å². The topological polar surface area (TPSA) is 322 Å². The van der Waals surface area contributed by atoms with E-state index in [1.54, 1.807) is 0 Å². The Morgan fingerprint density at radius 3 is 2.11 bits per heavy atom. The van der Waals surface area contributed by atoms with E-state index in [2.05, 4.69) is 15.5 Å². The summed E-state index contributed by atoms with van der Waals surface area (Å²) in [5.41, 5.74) is -1.56. The molecule has 202 valence electrons. The first-order valence-corrected chi connectivity index (χ1v) is 13.5. The number of fused-ring (bicyclic) bond motifs is 1. The van der Waals surface area contributed by atoms with Gasteiger partial charge in [-0.1, -0.05) is 12.1 Å². The van der Waals surface area contributed by atoms with Gasteiger partial charge in [-0.3, -0.25) is 4.79 Å². The maximum Gasteiger partial charge on any atom is 1.00 e. The van der Waals surface area contributed by atoms with Crippen molar-refractivity contribution >= 4 is 66.9 Å². The largest absolute Gasteiger partial charge is 1.00 e. The van der Waals surface area contributed by atoms with E-state index in [9.17, 15) is 45.3 Å². The molecule has 0 spiro atoms. The number of hydrogen-bond acceptors (Lipinski definition) is 12. The first-order valence-electron chi connectivity index (χ1n) is 9.08. The predicted molar refractivity (Wildman–Crippen MR) is 128 cm³/mol. The van der Waals surface area contributed by atoms with Gasteiger partial charge in [0, 0.05) is 17.6 Å². The Kier molecular flexibility index (Phi) is 11.9. The molecule has 0 radical (unpaired) electrons. The molecular formula is C18H21N5NaO11PS2. The summed E-state index contributed by atoms with van der Waals surface area (Å²) in [5.74, 6) is -1.77. The number of amides is 1. The molecule has 16 nitrogen and oxygen atoms in total.